The average molecular weight is 239 g/mol. The molecule has 0 amide bonds. The van der Waals surface area contributed by atoms with Crippen molar-refractivity contribution in [3.8, 4) is 0 Å². The second-order valence-electron chi connectivity index (χ2n) is 4.58. The Morgan fingerprint density at radius 3 is 2.62 bits per heavy atom. The highest BCUT2D eigenvalue weighted by Crippen LogP contribution is 2.25. The molecule has 1 aromatic carbocycles. The molecular weight excluding hydrogens is 222 g/mol. The number of hydrogen-bond donors (Lipinski definition) is 3. The fourth-order valence-electron chi connectivity index (χ4n) is 1.31. The lowest BCUT2D eigenvalue weighted by Gasteiger charge is -2.18. The summed E-state index contributed by atoms with van der Waals surface area (Å²) in [5.74, 6) is -0.769. The van der Waals surface area contributed by atoms with E-state index in [4.69, 9.17) is 10.8 Å². The van der Waals surface area contributed by atoms with E-state index in [-0.39, 0.29) is 0 Å². The zero-order valence-electron chi connectivity index (χ0n) is 9.53. The largest absolute Gasteiger partial charge is 0.481 e. The van der Waals surface area contributed by atoms with E-state index in [0.717, 1.165) is 10.5 Å². The van der Waals surface area contributed by atoms with Crippen molar-refractivity contribution in [1.82, 2.24) is 0 Å². The van der Waals surface area contributed by atoms with Crippen LogP contribution in [-0.2, 0) is 11.2 Å². The van der Waals surface area contributed by atoms with Crippen LogP contribution in [0.2, 0.25) is 0 Å². The summed E-state index contributed by atoms with van der Waals surface area (Å²) < 4.78 is 0. The zero-order chi connectivity index (χ0) is 12.3. The molecule has 0 aromatic heterocycles. The number of hydrogen-bond acceptors (Lipinski definition) is 3. The van der Waals surface area contributed by atoms with Crippen molar-refractivity contribution in [3.63, 3.8) is 0 Å². The second kappa shape index (κ2) is 4.78. The number of benzene rings is 1. The predicted molar refractivity (Wildman–Crippen MR) is 67.8 cm³/mol. The number of aryl methyl sites for hydroxylation is 1. The van der Waals surface area contributed by atoms with E-state index in [1.54, 1.807) is 19.9 Å². The summed E-state index contributed by atoms with van der Waals surface area (Å²) in [6, 6.07) is 5.59. The molecule has 0 fully saturated rings. The molecule has 0 radical (unpaired) electrons. The highest BCUT2D eigenvalue weighted by molar-refractivity contribution is 7.80. The average Bonchev–Trinajstić information content (AvgIpc) is 2.20. The number of nitrogen functional groups attached to an aromatic ring is 1. The van der Waals surface area contributed by atoms with Crippen molar-refractivity contribution < 1.29 is 9.90 Å². The number of carboxylic acids is 1. The Hall–Kier alpha value is -1.16. The van der Waals surface area contributed by atoms with Gasteiger partial charge in [0.2, 0.25) is 0 Å². The number of anilines is 1. The fraction of sp³-hybridized carbons (Fsp3) is 0.417. The molecule has 88 valence electrons. The summed E-state index contributed by atoms with van der Waals surface area (Å²) in [6.07, 6.45) is 1.31. The number of aliphatic carboxylic acids is 1. The SMILES string of the molecule is CC(C)(CCc1ccc(N)c(S)c1)C(=O)O. The standard InChI is InChI=1S/C12H17NO2S/c1-12(2,11(14)15)6-5-8-3-4-9(13)10(16)7-8/h3-4,7,16H,5-6,13H2,1-2H3,(H,14,15). The van der Waals surface area contributed by atoms with Crippen LogP contribution in [0.5, 0.6) is 0 Å². The normalized spacial score (nSPS) is 11.4. The predicted octanol–water partition coefficient (Wildman–Crippen LogP) is 2.60. The number of carbonyl (C=O) groups is 1. The Labute approximate surface area is 101 Å². The first-order valence-corrected chi connectivity index (χ1v) is 5.58. The molecule has 1 aromatic rings. The van der Waals surface area contributed by atoms with E-state index < -0.39 is 11.4 Å². The van der Waals surface area contributed by atoms with Crippen LogP contribution < -0.4 is 5.73 Å². The first-order valence-electron chi connectivity index (χ1n) is 5.14. The third-order valence-electron chi connectivity index (χ3n) is 2.71. The molecule has 0 unspecified atom stereocenters. The molecule has 0 heterocycles. The maximum atomic E-state index is 10.9. The van der Waals surface area contributed by atoms with Crippen LogP contribution in [0, 0.1) is 5.41 Å². The van der Waals surface area contributed by atoms with Gasteiger partial charge in [-0.25, -0.2) is 0 Å². The molecule has 3 N–H and O–H groups in total. The highest BCUT2D eigenvalue weighted by Gasteiger charge is 2.26. The van der Waals surface area contributed by atoms with Crippen LogP contribution in [0.1, 0.15) is 25.8 Å². The Kier molecular flexibility index (Phi) is 3.86. The van der Waals surface area contributed by atoms with Crippen LogP contribution in [0.15, 0.2) is 23.1 Å². The first-order chi connectivity index (χ1) is 7.33. The van der Waals surface area contributed by atoms with Crippen molar-refractivity contribution in [3.05, 3.63) is 23.8 Å². The van der Waals surface area contributed by atoms with Crippen LogP contribution in [-0.4, -0.2) is 11.1 Å². The van der Waals surface area contributed by atoms with Crippen molar-refractivity contribution >= 4 is 24.3 Å². The van der Waals surface area contributed by atoms with E-state index in [1.165, 1.54) is 0 Å². The summed E-state index contributed by atoms with van der Waals surface area (Å²) in [6.45, 7) is 3.46. The Bertz CT molecular complexity index is 402. The van der Waals surface area contributed by atoms with Gasteiger partial charge in [-0.3, -0.25) is 4.79 Å². The highest BCUT2D eigenvalue weighted by atomic mass is 32.1. The van der Waals surface area contributed by atoms with Gasteiger partial charge < -0.3 is 10.8 Å². The minimum atomic E-state index is -0.769. The molecular formula is C12H17NO2S. The minimum absolute atomic E-state index is 0.597. The number of rotatable bonds is 4. The minimum Gasteiger partial charge on any atom is -0.481 e. The lowest BCUT2D eigenvalue weighted by atomic mass is 9.86. The third-order valence-corrected chi connectivity index (χ3v) is 3.10. The van der Waals surface area contributed by atoms with Crippen LogP contribution in [0.3, 0.4) is 0 Å². The van der Waals surface area contributed by atoms with E-state index >= 15 is 0 Å². The van der Waals surface area contributed by atoms with Crippen molar-refractivity contribution in [2.45, 2.75) is 31.6 Å². The van der Waals surface area contributed by atoms with Crippen molar-refractivity contribution in [2.24, 2.45) is 5.41 Å². The molecule has 16 heavy (non-hydrogen) atoms. The molecule has 0 spiro atoms. The van der Waals surface area contributed by atoms with Crippen LogP contribution >= 0.6 is 12.6 Å². The smallest absolute Gasteiger partial charge is 0.309 e. The molecule has 0 aliphatic rings. The Balaban J connectivity index is 2.68. The maximum Gasteiger partial charge on any atom is 0.309 e. The van der Waals surface area contributed by atoms with Crippen LogP contribution in [0.4, 0.5) is 5.69 Å². The summed E-state index contributed by atoms with van der Waals surface area (Å²) in [5, 5.41) is 8.98. The molecule has 0 aliphatic heterocycles. The zero-order valence-corrected chi connectivity index (χ0v) is 10.4. The van der Waals surface area contributed by atoms with Gasteiger partial charge in [0.1, 0.15) is 0 Å². The third kappa shape index (κ3) is 3.17. The summed E-state index contributed by atoms with van der Waals surface area (Å²) in [7, 11) is 0. The van der Waals surface area contributed by atoms with Crippen molar-refractivity contribution in [1.29, 1.82) is 0 Å². The van der Waals surface area contributed by atoms with Gasteiger partial charge >= 0.3 is 5.97 Å². The molecule has 4 heteroatoms. The van der Waals surface area contributed by atoms with Gasteiger partial charge in [0, 0.05) is 10.6 Å². The number of thiol groups is 1. The van der Waals surface area contributed by atoms with Crippen molar-refractivity contribution in [2.75, 3.05) is 5.73 Å². The lowest BCUT2D eigenvalue weighted by molar-refractivity contribution is -0.147. The molecule has 0 saturated carbocycles. The first kappa shape index (κ1) is 12.9. The van der Waals surface area contributed by atoms with Gasteiger partial charge in [0.15, 0.2) is 0 Å². The lowest BCUT2D eigenvalue weighted by Crippen LogP contribution is -2.24. The van der Waals surface area contributed by atoms with E-state index in [9.17, 15) is 4.79 Å². The molecule has 0 aliphatic carbocycles. The van der Waals surface area contributed by atoms with Gasteiger partial charge in [0.05, 0.1) is 5.41 Å². The number of carboxylic acid groups (broad SMARTS) is 1. The molecule has 1 rings (SSSR count). The summed E-state index contributed by atoms with van der Waals surface area (Å²) >= 11 is 4.23. The van der Waals surface area contributed by atoms with E-state index in [2.05, 4.69) is 12.6 Å². The van der Waals surface area contributed by atoms with Crippen LogP contribution in [0.25, 0.3) is 0 Å². The maximum absolute atomic E-state index is 10.9. The molecule has 3 nitrogen and oxygen atoms in total. The topological polar surface area (TPSA) is 63.3 Å². The van der Waals surface area contributed by atoms with E-state index in [0.29, 0.717) is 18.5 Å². The van der Waals surface area contributed by atoms with Gasteiger partial charge in [-0.15, -0.1) is 12.6 Å². The summed E-state index contributed by atoms with van der Waals surface area (Å²) in [5.41, 5.74) is 6.66. The summed E-state index contributed by atoms with van der Waals surface area (Å²) in [4.78, 5) is 11.7. The second-order valence-corrected chi connectivity index (χ2v) is 5.06. The van der Waals surface area contributed by atoms with Gasteiger partial charge in [0.25, 0.3) is 0 Å². The molecule has 0 bridgehead atoms. The van der Waals surface area contributed by atoms with Gasteiger partial charge in [-0.05, 0) is 44.4 Å². The Morgan fingerprint density at radius 2 is 2.12 bits per heavy atom. The fourth-order valence-corrected chi connectivity index (χ4v) is 1.55. The Morgan fingerprint density at radius 1 is 1.50 bits per heavy atom. The molecule has 0 saturated heterocycles. The van der Waals surface area contributed by atoms with Gasteiger partial charge in [-0.2, -0.15) is 0 Å². The monoisotopic (exact) mass is 239 g/mol. The molecule has 0 atom stereocenters. The number of nitrogens with two attached hydrogens (primary N) is 1. The van der Waals surface area contributed by atoms with Gasteiger partial charge in [-0.1, -0.05) is 6.07 Å². The quantitative estimate of drug-likeness (QED) is 0.559. The van der Waals surface area contributed by atoms with E-state index in [1.807, 2.05) is 12.1 Å².